The molecule has 0 unspecified atom stereocenters. The van der Waals surface area contributed by atoms with Crippen LogP contribution in [0.4, 0.5) is 0 Å². The minimum atomic E-state index is -0.665. The highest BCUT2D eigenvalue weighted by molar-refractivity contribution is 5.86. The van der Waals surface area contributed by atoms with Gasteiger partial charge in [0.25, 0.3) is 5.91 Å². The molecule has 0 fully saturated rings. The fraction of sp³-hybridized carbons (Fsp3) is 0.381. The van der Waals surface area contributed by atoms with Crippen molar-refractivity contribution in [1.29, 1.82) is 0 Å². The van der Waals surface area contributed by atoms with Gasteiger partial charge in [-0.3, -0.25) is 9.59 Å². The Morgan fingerprint density at radius 3 is 2.45 bits per heavy atom. The normalized spacial score (nSPS) is 10.5. The van der Waals surface area contributed by atoms with Gasteiger partial charge in [0, 0.05) is 7.05 Å². The number of carbonyl (C=O) groups is 3. The third kappa shape index (κ3) is 7.69. The summed E-state index contributed by atoms with van der Waals surface area (Å²) in [6.07, 6.45) is 1.51. The molecule has 2 amide bonds. The van der Waals surface area contributed by atoms with Crippen molar-refractivity contribution in [1.82, 2.24) is 10.2 Å². The van der Waals surface area contributed by atoms with E-state index in [1.807, 2.05) is 12.1 Å². The van der Waals surface area contributed by atoms with Crippen LogP contribution in [-0.2, 0) is 25.7 Å². The monoisotopic (exact) mass is 402 g/mol. The molecule has 156 valence electrons. The highest BCUT2D eigenvalue weighted by Gasteiger charge is 2.15. The Labute approximate surface area is 169 Å². The summed E-state index contributed by atoms with van der Waals surface area (Å²) in [5, 5.41) is 2.63. The maximum atomic E-state index is 12.0. The average Bonchev–Trinajstić information content (AvgIpc) is 3.22. The van der Waals surface area contributed by atoms with E-state index >= 15 is 0 Å². The van der Waals surface area contributed by atoms with Crippen molar-refractivity contribution in [3.63, 3.8) is 0 Å². The van der Waals surface area contributed by atoms with Gasteiger partial charge in [-0.15, -0.1) is 0 Å². The zero-order valence-electron chi connectivity index (χ0n) is 16.8. The summed E-state index contributed by atoms with van der Waals surface area (Å²) in [6.45, 7) is 3.49. The van der Waals surface area contributed by atoms with Crippen LogP contribution >= 0.6 is 0 Å². The topological polar surface area (TPSA) is 98.1 Å². The second-order valence-corrected chi connectivity index (χ2v) is 6.78. The second kappa shape index (κ2) is 10.9. The van der Waals surface area contributed by atoms with Crippen molar-refractivity contribution in [3.8, 4) is 5.75 Å². The van der Waals surface area contributed by atoms with Gasteiger partial charge in [0.2, 0.25) is 5.91 Å². The Morgan fingerprint density at radius 2 is 1.83 bits per heavy atom. The predicted molar refractivity (Wildman–Crippen MR) is 105 cm³/mol. The summed E-state index contributed by atoms with van der Waals surface area (Å²) in [4.78, 5) is 36.8. The largest absolute Gasteiger partial charge is 0.482 e. The van der Waals surface area contributed by atoms with E-state index in [4.69, 9.17) is 13.9 Å². The molecule has 1 heterocycles. The van der Waals surface area contributed by atoms with E-state index in [-0.39, 0.29) is 25.6 Å². The minimum Gasteiger partial charge on any atom is -0.482 e. The van der Waals surface area contributed by atoms with Gasteiger partial charge in [0.15, 0.2) is 13.2 Å². The maximum absolute atomic E-state index is 12.0. The quantitative estimate of drug-likeness (QED) is 0.611. The fourth-order valence-corrected chi connectivity index (χ4v) is 2.34. The standard InChI is InChI=1S/C21H26N2O6/c1-15(2)16-6-8-17(9-7-16)28-14-21(26)29-13-20(25)23(3)12-19(24)22-11-18-5-4-10-27-18/h4-10,15H,11-14H2,1-3H3,(H,22,24). The number of hydrogen-bond acceptors (Lipinski definition) is 6. The van der Waals surface area contributed by atoms with Crippen LogP contribution in [0.3, 0.4) is 0 Å². The second-order valence-electron chi connectivity index (χ2n) is 6.78. The summed E-state index contributed by atoms with van der Waals surface area (Å²) in [6, 6.07) is 10.9. The molecule has 0 atom stereocenters. The van der Waals surface area contributed by atoms with Gasteiger partial charge >= 0.3 is 5.97 Å². The molecule has 0 saturated carbocycles. The molecular weight excluding hydrogens is 376 g/mol. The predicted octanol–water partition coefficient (Wildman–Crippen LogP) is 2.10. The van der Waals surface area contributed by atoms with E-state index in [1.165, 1.54) is 23.8 Å². The Kier molecular flexibility index (Phi) is 8.27. The van der Waals surface area contributed by atoms with Gasteiger partial charge < -0.3 is 24.1 Å². The zero-order valence-corrected chi connectivity index (χ0v) is 16.8. The number of rotatable bonds is 10. The molecule has 8 heteroatoms. The van der Waals surface area contributed by atoms with Crippen molar-refractivity contribution >= 4 is 17.8 Å². The number of nitrogens with one attached hydrogen (secondary N) is 1. The SMILES string of the molecule is CC(C)c1ccc(OCC(=O)OCC(=O)N(C)CC(=O)NCc2ccco2)cc1. The lowest BCUT2D eigenvalue weighted by atomic mass is 10.0. The Morgan fingerprint density at radius 1 is 1.10 bits per heavy atom. The highest BCUT2D eigenvalue weighted by Crippen LogP contribution is 2.18. The van der Waals surface area contributed by atoms with Crippen LogP contribution in [0, 0.1) is 0 Å². The molecular formula is C21H26N2O6. The number of esters is 1. The van der Waals surface area contributed by atoms with Gasteiger partial charge in [-0.2, -0.15) is 0 Å². The summed E-state index contributed by atoms with van der Waals surface area (Å²) >= 11 is 0. The number of likely N-dealkylation sites (N-methyl/N-ethyl adjacent to an activating group) is 1. The molecule has 8 nitrogen and oxygen atoms in total. The number of benzene rings is 1. The first-order valence-electron chi connectivity index (χ1n) is 9.26. The summed E-state index contributed by atoms with van der Waals surface area (Å²) in [5.74, 6) is 0.0545. The van der Waals surface area contributed by atoms with Gasteiger partial charge in [0.05, 0.1) is 19.4 Å². The minimum absolute atomic E-state index is 0.157. The Hall–Kier alpha value is -3.29. The van der Waals surface area contributed by atoms with E-state index in [0.29, 0.717) is 17.4 Å². The van der Waals surface area contributed by atoms with Crippen molar-refractivity contribution in [3.05, 3.63) is 54.0 Å². The van der Waals surface area contributed by atoms with Crippen LogP contribution in [0.15, 0.2) is 47.1 Å². The third-order valence-electron chi connectivity index (χ3n) is 4.11. The van der Waals surface area contributed by atoms with Crippen molar-refractivity contribution in [2.75, 3.05) is 26.8 Å². The van der Waals surface area contributed by atoms with E-state index < -0.39 is 18.5 Å². The van der Waals surface area contributed by atoms with Crippen LogP contribution in [0.25, 0.3) is 0 Å². The number of amides is 2. The molecule has 2 aromatic rings. The van der Waals surface area contributed by atoms with E-state index in [1.54, 1.807) is 24.3 Å². The first-order valence-corrected chi connectivity index (χ1v) is 9.26. The number of carbonyl (C=O) groups excluding carboxylic acids is 3. The molecule has 29 heavy (non-hydrogen) atoms. The summed E-state index contributed by atoms with van der Waals surface area (Å²) < 4.78 is 15.4. The Balaban J connectivity index is 1.65. The van der Waals surface area contributed by atoms with E-state index in [0.717, 1.165) is 0 Å². The lowest BCUT2D eigenvalue weighted by molar-refractivity contribution is -0.153. The Bertz CT molecular complexity index is 799. The lowest BCUT2D eigenvalue weighted by Crippen LogP contribution is -2.40. The number of furan rings is 1. The fourth-order valence-electron chi connectivity index (χ4n) is 2.34. The van der Waals surface area contributed by atoms with Crippen molar-refractivity contribution in [2.45, 2.75) is 26.3 Å². The zero-order chi connectivity index (χ0) is 21.2. The van der Waals surface area contributed by atoms with Gasteiger partial charge in [0.1, 0.15) is 11.5 Å². The number of hydrogen-bond donors (Lipinski definition) is 1. The molecule has 1 aromatic heterocycles. The van der Waals surface area contributed by atoms with Crippen molar-refractivity contribution in [2.24, 2.45) is 0 Å². The summed E-state index contributed by atoms with van der Waals surface area (Å²) in [7, 11) is 1.45. The first-order chi connectivity index (χ1) is 13.8. The molecule has 1 N–H and O–H groups in total. The molecule has 0 saturated heterocycles. The molecule has 0 spiro atoms. The smallest absolute Gasteiger partial charge is 0.344 e. The lowest BCUT2D eigenvalue weighted by Gasteiger charge is -2.16. The maximum Gasteiger partial charge on any atom is 0.344 e. The van der Waals surface area contributed by atoms with E-state index in [9.17, 15) is 14.4 Å². The van der Waals surface area contributed by atoms with Crippen LogP contribution in [-0.4, -0.2) is 49.5 Å². The highest BCUT2D eigenvalue weighted by atomic mass is 16.6. The number of nitrogens with zero attached hydrogens (tertiary/aromatic N) is 1. The van der Waals surface area contributed by atoms with Crippen molar-refractivity contribution < 1.29 is 28.3 Å². The van der Waals surface area contributed by atoms with Gasteiger partial charge in [-0.25, -0.2) is 4.79 Å². The molecule has 0 radical (unpaired) electrons. The molecule has 2 rings (SSSR count). The molecule has 0 aliphatic heterocycles. The van der Waals surface area contributed by atoms with Gasteiger partial charge in [-0.05, 0) is 35.7 Å². The molecule has 0 bridgehead atoms. The first kappa shape index (κ1) is 22.0. The third-order valence-corrected chi connectivity index (χ3v) is 4.11. The van der Waals surface area contributed by atoms with Crippen LogP contribution in [0.2, 0.25) is 0 Å². The van der Waals surface area contributed by atoms with E-state index in [2.05, 4.69) is 19.2 Å². The molecule has 0 aliphatic rings. The molecule has 0 aliphatic carbocycles. The van der Waals surface area contributed by atoms with Crippen LogP contribution < -0.4 is 10.1 Å². The van der Waals surface area contributed by atoms with Gasteiger partial charge in [-0.1, -0.05) is 26.0 Å². The number of ether oxygens (including phenoxy) is 2. The molecule has 1 aromatic carbocycles. The van der Waals surface area contributed by atoms with Crippen LogP contribution in [0.1, 0.15) is 31.1 Å². The van der Waals surface area contributed by atoms with Crippen LogP contribution in [0.5, 0.6) is 5.75 Å². The summed E-state index contributed by atoms with van der Waals surface area (Å²) in [5.41, 5.74) is 1.17. The average molecular weight is 402 g/mol.